The van der Waals surface area contributed by atoms with Crippen molar-refractivity contribution in [2.75, 3.05) is 6.54 Å². The van der Waals surface area contributed by atoms with Crippen molar-refractivity contribution in [1.29, 1.82) is 0 Å². The molecule has 2 aliphatic heterocycles. The second-order valence-electron chi connectivity index (χ2n) is 14.6. The third-order valence-electron chi connectivity index (χ3n) is 12.4. The largest absolute Gasteiger partial charge is 0.445 e. The Hall–Kier alpha value is -2.14. The normalized spacial score (nSPS) is 40.6. The molecule has 4 fully saturated rings. The van der Waals surface area contributed by atoms with E-state index in [1.807, 2.05) is 35.2 Å². The molecule has 1 aromatic carbocycles. The number of rotatable bonds is 5. The quantitative estimate of drug-likeness (QED) is 0.341. The average Bonchev–Trinajstić information content (AvgIpc) is 3.52. The van der Waals surface area contributed by atoms with Gasteiger partial charge in [0.05, 0.1) is 17.7 Å². The maximum atomic E-state index is 13.5. The number of nitrogens with zero attached hydrogens (tertiary/aromatic N) is 1. The van der Waals surface area contributed by atoms with Crippen LogP contribution in [0.4, 0.5) is 4.79 Å². The van der Waals surface area contributed by atoms with Gasteiger partial charge in [-0.25, -0.2) is 4.79 Å². The number of benzene rings is 1. The highest BCUT2D eigenvalue weighted by Crippen LogP contribution is 2.61. The molecule has 0 radical (unpaired) electrons. The van der Waals surface area contributed by atoms with Gasteiger partial charge in [-0.1, -0.05) is 70.0 Å². The summed E-state index contributed by atoms with van der Waals surface area (Å²) in [6.45, 7) is 12.7. The fourth-order valence-corrected chi connectivity index (χ4v) is 9.99. The van der Waals surface area contributed by atoms with E-state index in [1.165, 1.54) is 24.8 Å². The number of ether oxygens (including phenoxy) is 2. The van der Waals surface area contributed by atoms with E-state index in [4.69, 9.17) is 9.47 Å². The molecule has 0 unspecified atom stereocenters. The first kappa shape index (κ1) is 29.0. The van der Waals surface area contributed by atoms with Gasteiger partial charge in [0.1, 0.15) is 12.4 Å². The summed E-state index contributed by atoms with van der Waals surface area (Å²) in [5.41, 5.74) is 4.09. The number of fused-ring (bicyclic) bond motifs is 2. The maximum absolute atomic E-state index is 13.5. The van der Waals surface area contributed by atoms with Gasteiger partial charge in [-0.15, -0.1) is 0 Å². The maximum Gasteiger partial charge on any atom is 0.410 e. The fourth-order valence-electron chi connectivity index (χ4n) is 9.99. The number of likely N-dealkylation sites (tertiary alicyclic amines) is 1. The average molecular weight is 562 g/mol. The molecule has 3 aliphatic carbocycles. The highest BCUT2D eigenvalue weighted by atomic mass is 16.6. The van der Waals surface area contributed by atoms with Crippen LogP contribution in [-0.4, -0.2) is 41.1 Å². The van der Waals surface area contributed by atoms with Gasteiger partial charge in [0.15, 0.2) is 0 Å². The molecular formula is C36H51NO4. The van der Waals surface area contributed by atoms with Crippen molar-refractivity contribution in [3.63, 3.8) is 0 Å². The molecular weight excluding hydrogens is 510 g/mol. The van der Waals surface area contributed by atoms with Crippen LogP contribution in [0.2, 0.25) is 0 Å². The van der Waals surface area contributed by atoms with Crippen molar-refractivity contribution in [2.24, 2.45) is 35.0 Å². The van der Waals surface area contributed by atoms with Crippen molar-refractivity contribution < 1.29 is 19.1 Å². The minimum absolute atomic E-state index is 0.0505. The van der Waals surface area contributed by atoms with Gasteiger partial charge in [0.2, 0.25) is 0 Å². The Morgan fingerprint density at radius 2 is 1.90 bits per heavy atom. The van der Waals surface area contributed by atoms with Crippen molar-refractivity contribution >= 4 is 11.9 Å². The summed E-state index contributed by atoms with van der Waals surface area (Å²) in [4.78, 5) is 28.0. The molecule has 2 heterocycles. The Labute approximate surface area is 247 Å². The molecule has 224 valence electrons. The monoisotopic (exact) mass is 561 g/mol. The van der Waals surface area contributed by atoms with Crippen LogP contribution in [0.25, 0.3) is 0 Å². The molecule has 0 bridgehead atoms. The zero-order valence-corrected chi connectivity index (χ0v) is 26.0. The molecule has 41 heavy (non-hydrogen) atoms. The van der Waals surface area contributed by atoms with Gasteiger partial charge in [0, 0.05) is 25.3 Å². The second kappa shape index (κ2) is 11.2. The minimum atomic E-state index is -0.287. The van der Waals surface area contributed by atoms with E-state index in [-0.39, 0.29) is 35.2 Å². The van der Waals surface area contributed by atoms with Crippen LogP contribution in [0, 0.1) is 35.0 Å². The van der Waals surface area contributed by atoms with E-state index in [0.717, 1.165) is 57.1 Å². The summed E-state index contributed by atoms with van der Waals surface area (Å²) in [7, 11) is 0. The summed E-state index contributed by atoms with van der Waals surface area (Å²) in [6, 6.07) is 10.0. The number of ketones is 1. The van der Waals surface area contributed by atoms with Gasteiger partial charge in [-0.05, 0) is 92.1 Å². The number of Topliss-reactive ketones (excluding diaryl/α,β-unsaturated/α-hetero) is 1. The summed E-state index contributed by atoms with van der Waals surface area (Å²) in [5.74, 6) is 2.91. The Kier molecular flexibility index (Phi) is 7.89. The van der Waals surface area contributed by atoms with Crippen molar-refractivity contribution in [1.82, 2.24) is 4.90 Å². The van der Waals surface area contributed by atoms with Crippen molar-refractivity contribution in [3.05, 3.63) is 47.0 Å². The number of hydrogen-bond acceptors (Lipinski definition) is 4. The molecule has 5 aliphatic rings. The van der Waals surface area contributed by atoms with Crippen LogP contribution in [-0.2, 0) is 20.9 Å². The highest BCUT2D eigenvalue weighted by Gasteiger charge is 2.61. The summed E-state index contributed by atoms with van der Waals surface area (Å²) >= 11 is 0. The van der Waals surface area contributed by atoms with E-state index in [0.29, 0.717) is 36.1 Å². The zero-order valence-electron chi connectivity index (χ0n) is 26.0. The summed E-state index contributed by atoms with van der Waals surface area (Å²) in [6.07, 6.45) is 10.4. The standard InChI is InChI=1S/C36H51NO4/c1-6-10-28-19-30(38)14-15-35(28,5)29-18-27-13-16-36(24(3)31(27)20-29)25(4)33-32(41-36)17-23(2)21-37(33)34(39)40-22-26-11-8-7-9-12-26/h7-9,11-12,23,25,27-29,32-33H,6,10,13-22H2,1-5H3/t23-,25+,27-,28+,29+,32+,33-,35-,36-/m0/s1. The molecule has 1 aromatic rings. The lowest BCUT2D eigenvalue weighted by atomic mass is 9.59. The Morgan fingerprint density at radius 3 is 2.66 bits per heavy atom. The second-order valence-corrected chi connectivity index (χ2v) is 14.6. The van der Waals surface area contributed by atoms with Crippen LogP contribution < -0.4 is 0 Å². The molecule has 0 aromatic heterocycles. The topological polar surface area (TPSA) is 55.8 Å². The number of hydrogen-bond donors (Lipinski definition) is 0. The van der Waals surface area contributed by atoms with Gasteiger partial charge in [0.25, 0.3) is 0 Å². The zero-order chi connectivity index (χ0) is 28.9. The van der Waals surface area contributed by atoms with Gasteiger partial charge in [-0.2, -0.15) is 0 Å². The molecule has 2 saturated carbocycles. The van der Waals surface area contributed by atoms with Gasteiger partial charge >= 0.3 is 6.09 Å². The molecule has 6 rings (SSSR count). The Morgan fingerprint density at radius 1 is 1.12 bits per heavy atom. The molecule has 1 amide bonds. The van der Waals surface area contributed by atoms with Gasteiger partial charge in [-0.3, -0.25) is 4.79 Å². The van der Waals surface area contributed by atoms with Crippen LogP contribution in [0.1, 0.15) is 104 Å². The number of carbonyl (C=O) groups is 2. The molecule has 1 spiro atoms. The number of piperidine rings is 1. The summed E-state index contributed by atoms with van der Waals surface area (Å²) in [5, 5.41) is 0. The molecule has 0 N–H and O–H groups in total. The third kappa shape index (κ3) is 4.98. The van der Waals surface area contributed by atoms with E-state index >= 15 is 0 Å². The van der Waals surface area contributed by atoms with Crippen LogP contribution in [0.15, 0.2) is 41.5 Å². The van der Waals surface area contributed by atoms with E-state index in [9.17, 15) is 9.59 Å². The van der Waals surface area contributed by atoms with Crippen molar-refractivity contribution in [2.45, 2.75) is 123 Å². The lowest BCUT2D eigenvalue weighted by molar-refractivity contribution is -0.126. The SMILES string of the molecule is CCC[C@@H]1CC(=O)CC[C@]1(C)[C@H]1CC2=C(C)[C@]3(CC[C@H]2C1)O[C@@H]1C[C@H](C)CN(C(=O)OCc2ccccc2)[C@H]1[C@H]3C. The first-order valence-corrected chi connectivity index (χ1v) is 16.5. The molecule has 9 atom stereocenters. The Bertz CT molecular complexity index is 1180. The number of allylic oxidation sites excluding steroid dienone is 1. The smallest absolute Gasteiger partial charge is 0.410 e. The molecule has 5 nitrogen and oxygen atoms in total. The fraction of sp³-hybridized carbons (Fsp3) is 0.722. The van der Waals surface area contributed by atoms with Crippen LogP contribution >= 0.6 is 0 Å². The van der Waals surface area contributed by atoms with E-state index < -0.39 is 0 Å². The predicted octanol–water partition coefficient (Wildman–Crippen LogP) is 8.12. The molecule has 2 saturated heterocycles. The van der Waals surface area contributed by atoms with Crippen molar-refractivity contribution in [3.8, 4) is 0 Å². The Balaban J connectivity index is 1.23. The predicted molar refractivity (Wildman–Crippen MR) is 161 cm³/mol. The minimum Gasteiger partial charge on any atom is -0.445 e. The number of amides is 1. The first-order valence-electron chi connectivity index (χ1n) is 16.5. The lowest BCUT2D eigenvalue weighted by Gasteiger charge is -2.45. The van der Waals surface area contributed by atoms with Gasteiger partial charge < -0.3 is 14.4 Å². The first-order chi connectivity index (χ1) is 19.7. The van der Waals surface area contributed by atoms with E-state index in [1.54, 1.807) is 5.57 Å². The molecule has 5 heteroatoms. The third-order valence-corrected chi connectivity index (χ3v) is 12.4. The van der Waals surface area contributed by atoms with Crippen LogP contribution in [0.3, 0.4) is 0 Å². The number of carbonyl (C=O) groups excluding carboxylic acids is 2. The lowest BCUT2D eigenvalue weighted by Crippen LogP contribution is -2.54. The van der Waals surface area contributed by atoms with E-state index in [2.05, 4.69) is 34.6 Å². The summed E-state index contributed by atoms with van der Waals surface area (Å²) < 4.78 is 13.0. The van der Waals surface area contributed by atoms with Crippen LogP contribution in [0.5, 0.6) is 0 Å². The highest BCUT2D eigenvalue weighted by molar-refractivity contribution is 5.79.